The second-order valence-corrected chi connectivity index (χ2v) is 14.7. The van der Waals surface area contributed by atoms with Crippen molar-refractivity contribution in [2.45, 2.75) is 31.7 Å². The van der Waals surface area contributed by atoms with Crippen LogP contribution in [0, 0.1) is 0 Å². The summed E-state index contributed by atoms with van der Waals surface area (Å²) in [5, 5.41) is 0. The predicted octanol–water partition coefficient (Wildman–Crippen LogP) is 5.00. The highest BCUT2D eigenvalue weighted by molar-refractivity contribution is 7.64. The number of halogens is 3. The molecule has 0 heterocycles. The third-order valence-electron chi connectivity index (χ3n) is 3.37. The van der Waals surface area contributed by atoms with Gasteiger partial charge in [0, 0.05) is 12.5 Å². The van der Waals surface area contributed by atoms with E-state index in [1.807, 2.05) is 0 Å². The van der Waals surface area contributed by atoms with E-state index in [-0.39, 0.29) is 12.4 Å². The fraction of sp³-hybridized carbons (Fsp3) is 0.412. The van der Waals surface area contributed by atoms with E-state index < -0.39 is 12.0 Å². The predicted molar refractivity (Wildman–Crippen MR) is 106 cm³/mol. The molecule has 0 aliphatic heterocycles. The molecular formula is C17H21Cl3O5Si. The highest BCUT2D eigenvalue weighted by atomic mass is 35.8. The molecule has 0 saturated heterocycles. The van der Waals surface area contributed by atoms with E-state index >= 15 is 0 Å². The number of unbranched alkanes of at least 4 members (excludes halogenated alkanes) is 2. The maximum Gasteiger partial charge on any atom is 0.341 e. The number of carbonyl (C=O) groups is 2. The van der Waals surface area contributed by atoms with Crippen molar-refractivity contribution in [1.82, 2.24) is 0 Å². The van der Waals surface area contributed by atoms with Crippen LogP contribution < -0.4 is 9.47 Å². The first-order chi connectivity index (χ1) is 12.2. The van der Waals surface area contributed by atoms with Gasteiger partial charge >= 0.3 is 17.9 Å². The Morgan fingerprint density at radius 2 is 1.81 bits per heavy atom. The molecule has 1 aromatic rings. The van der Waals surface area contributed by atoms with Crippen molar-refractivity contribution >= 4 is 57.3 Å². The van der Waals surface area contributed by atoms with Crippen molar-refractivity contribution in [2.24, 2.45) is 0 Å². The summed E-state index contributed by atoms with van der Waals surface area (Å²) in [5.41, 5.74) is 0.673. The number of hydrogen-bond acceptors (Lipinski definition) is 5. The molecule has 0 fully saturated rings. The van der Waals surface area contributed by atoms with Crippen molar-refractivity contribution in [2.75, 3.05) is 14.2 Å². The third kappa shape index (κ3) is 9.47. The van der Waals surface area contributed by atoms with E-state index in [0.29, 0.717) is 29.5 Å². The average Bonchev–Trinajstić information content (AvgIpc) is 2.58. The van der Waals surface area contributed by atoms with Crippen LogP contribution in [0.2, 0.25) is 6.04 Å². The Bertz CT molecular complexity index is 644. The van der Waals surface area contributed by atoms with E-state index in [1.54, 1.807) is 24.3 Å². The second-order valence-electron chi connectivity index (χ2n) is 5.42. The summed E-state index contributed by atoms with van der Waals surface area (Å²) >= 11 is 17.4. The molecule has 1 aromatic carbocycles. The van der Waals surface area contributed by atoms with Crippen LogP contribution in [0.25, 0.3) is 6.08 Å². The zero-order valence-corrected chi connectivity index (χ0v) is 17.9. The lowest BCUT2D eigenvalue weighted by atomic mass is 10.2. The van der Waals surface area contributed by atoms with E-state index in [9.17, 15) is 9.59 Å². The van der Waals surface area contributed by atoms with Gasteiger partial charge in [-0.15, -0.1) is 33.2 Å². The molecule has 9 heteroatoms. The van der Waals surface area contributed by atoms with Crippen molar-refractivity contribution < 1.29 is 23.8 Å². The lowest BCUT2D eigenvalue weighted by Gasteiger charge is -2.10. The number of hydrogen-bond donors (Lipinski definition) is 0. The van der Waals surface area contributed by atoms with Gasteiger partial charge in [-0.3, -0.25) is 4.79 Å². The molecule has 0 N–H and O–H groups in total. The van der Waals surface area contributed by atoms with Crippen molar-refractivity contribution in [3.63, 3.8) is 0 Å². The molecule has 0 atom stereocenters. The number of ether oxygens (including phenoxy) is 3. The zero-order valence-electron chi connectivity index (χ0n) is 14.6. The van der Waals surface area contributed by atoms with Gasteiger partial charge in [0.15, 0.2) is 11.5 Å². The Morgan fingerprint density at radius 1 is 1.08 bits per heavy atom. The molecule has 0 aromatic heterocycles. The monoisotopic (exact) mass is 438 g/mol. The lowest BCUT2D eigenvalue weighted by molar-refractivity contribution is -0.135. The van der Waals surface area contributed by atoms with Crippen LogP contribution in [0.15, 0.2) is 24.3 Å². The first-order valence-electron chi connectivity index (χ1n) is 7.96. The molecule has 144 valence electrons. The van der Waals surface area contributed by atoms with Gasteiger partial charge in [0.1, 0.15) is 0 Å². The van der Waals surface area contributed by atoms with Crippen LogP contribution in [0.1, 0.15) is 31.2 Å². The molecule has 5 nitrogen and oxygen atoms in total. The minimum atomic E-state index is -2.59. The zero-order chi connectivity index (χ0) is 19.6. The maximum atomic E-state index is 12.0. The van der Waals surface area contributed by atoms with Gasteiger partial charge in [-0.25, -0.2) is 4.79 Å². The number of rotatable bonds is 10. The minimum Gasteiger partial charge on any atom is -0.493 e. The van der Waals surface area contributed by atoms with Gasteiger partial charge in [0.25, 0.3) is 0 Å². The summed E-state index contributed by atoms with van der Waals surface area (Å²) in [5.74, 6) is -0.130. The van der Waals surface area contributed by atoms with Crippen molar-refractivity contribution in [3.05, 3.63) is 29.8 Å². The third-order valence-corrected chi connectivity index (χ3v) is 5.99. The topological polar surface area (TPSA) is 61.8 Å². The molecule has 1 rings (SSSR count). The van der Waals surface area contributed by atoms with E-state index in [1.165, 1.54) is 20.3 Å². The van der Waals surface area contributed by atoms with Gasteiger partial charge in [0.2, 0.25) is 0 Å². The molecule has 0 aliphatic rings. The Hall–Kier alpha value is -1.21. The molecule has 0 amide bonds. The molecule has 0 spiro atoms. The Morgan fingerprint density at radius 3 is 2.42 bits per heavy atom. The number of esters is 2. The van der Waals surface area contributed by atoms with Gasteiger partial charge in [0.05, 0.1) is 14.2 Å². The number of methoxy groups -OCH3 is 2. The van der Waals surface area contributed by atoms with Gasteiger partial charge < -0.3 is 14.2 Å². The summed E-state index contributed by atoms with van der Waals surface area (Å²) < 4.78 is 15.1. The van der Waals surface area contributed by atoms with E-state index in [4.69, 9.17) is 42.7 Å². The Balaban J connectivity index is 2.59. The van der Waals surface area contributed by atoms with Gasteiger partial charge in [-0.2, -0.15) is 0 Å². The molecule has 26 heavy (non-hydrogen) atoms. The first kappa shape index (κ1) is 22.8. The molecule has 0 aliphatic carbocycles. The maximum absolute atomic E-state index is 12.0. The summed E-state index contributed by atoms with van der Waals surface area (Å²) in [6.45, 7) is 0. The van der Waals surface area contributed by atoms with Crippen LogP contribution in [0.5, 0.6) is 11.5 Å². The molecular weight excluding hydrogens is 419 g/mol. The quantitative estimate of drug-likeness (QED) is 0.128. The standard InChI is InChI=1S/C17H21Cl3O5Si/c1-23-14-9-7-13(8-10-16(21)24-2)12-15(14)25-17(22)6-4-3-5-11-26(18,19)20/h7-10,12H,3-6,11H2,1-2H3/b10-8+. The molecule has 0 saturated carbocycles. The smallest absolute Gasteiger partial charge is 0.341 e. The van der Waals surface area contributed by atoms with E-state index in [2.05, 4.69) is 4.74 Å². The van der Waals surface area contributed by atoms with Crippen LogP contribution in [-0.4, -0.2) is 32.2 Å². The number of benzene rings is 1. The SMILES string of the molecule is COC(=O)/C=C/c1ccc(OC)c(OC(=O)CCCCC[Si](Cl)(Cl)Cl)c1. The second kappa shape index (κ2) is 11.5. The largest absolute Gasteiger partial charge is 0.493 e. The van der Waals surface area contributed by atoms with Crippen molar-refractivity contribution in [1.29, 1.82) is 0 Å². The normalized spacial score (nSPS) is 11.4. The summed E-state index contributed by atoms with van der Waals surface area (Å²) in [6, 6.07) is 3.00. The van der Waals surface area contributed by atoms with Crippen LogP contribution in [0.4, 0.5) is 0 Å². The first-order valence-corrected chi connectivity index (χ1v) is 13.2. The highest BCUT2D eigenvalue weighted by Crippen LogP contribution is 2.30. The summed E-state index contributed by atoms with van der Waals surface area (Å²) in [4.78, 5) is 23.2. The lowest BCUT2D eigenvalue weighted by Crippen LogP contribution is -2.10. The molecule has 0 radical (unpaired) electrons. The molecule has 0 unspecified atom stereocenters. The van der Waals surface area contributed by atoms with Crippen molar-refractivity contribution in [3.8, 4) is 11.5 Å². The minimum absolute atomic E-state index is 0.257. The summed E-state index contributed by atoms with van der Waals surface area (Å²) in [7, 11) is 2.78. The fourth-order valence-electron chi connectivity index (χ4n) is 2.05. The number of carbonyl (C=O) groups excluding carboxylic acids is 2. The van der Waals surface area contributed by atoms with Crippen LogP contribution >= 0.6 is 33.2 Å². The van der Waals surface area contributed by atoms with Gasteiger partial charge in [-0.1, -0.05) is 18.9 Å². The average molecular weight is 440 g/mol. The fourth-order valence-corrected chi connectivity index (χ4v) is 3.91. The van der Waals surface area contributed by atoms with Crippen LogP contribution in [-0.2, 0) is 14.3 Å². The van der Waals surface area contributed by atoms with E-state index in [0.717, 1.165) is 12.8 Å². The van der Waals surface area contributed by atoms with Crippen LogP contribution in [0.3, 0.4) is 0 Å². The molecule has 0 bridgehead atoms. The highest BCUT2D eigenvalue weighted by Gasteiger charge is 2.23. The Kier molecular flexibility index (Phi) is 10.1. The van der Waals surface area contributed by atoms with Gasteiger partial charge in [-0.05, 0) is 36.2 Å². The summed E-state index contributed by atoms with van der Waals surface area (Å²) in [6.07, 6.45) is 5.30. The Labute approximate surface area is 168 Å².